The molecule has 1 N–H and O–H groups in total. The first-order valence-corrected chi connectivity index (χ1v) is 10.4. The zero-order valence-corrected chi connectivity index (χ0v) is 16.1. The lowest BCUT2D eigenvalue weighted by Crippen LogP contribution is -2.43. The fourth-order valence-corrected chi connectivity index (χ4v) is 5.20. The van der Waals surface area contributed by atoms with Crippen molar-refractivity contribution in [3.63, 3.8) is 0 Å². The number of benzene rings is 1. The molecule has 2 aromatic rings. The fourth-order valence-electron chi connectivity index (χ4n) is 5.20. The van der Waals surface area contributed by atoms with Gasteiger partial charge in [-0.05, 0) is 36.8 Å². The summed E-state index contributed by atoms with van der Waals surface area (Å²) in [6.07, 6.45) is 4.59. The Morgan fingerprint density at radius 2 is 2.07 bits per heavy atom. The van der Waals surface area contributed by atoms with Crippen molar-refractivity contribution >= 4 is 6.03 Å². The summed E-state index contributed by atoms with van der Waals surface area (Å²) in [6.45, 7) is 4.42. The van der Waals surface area contributed by atoms with Gasteiger partial charge in [0.1, 0.15) is 0 Å². The van der Waals surface area contributed by atoms with Crippen LogP contribution in [0.2, 0.25) is 0 Å². The number of nitrogens with zero attached hydrogens (tertiary/aromatic N) is 4. The highest BCUT2D eigenvalue weighted by Gasteiger charge is 2.48. The van der Waals surface area contributed by atoms with Crippen LogP contribution in [0.5, 0.6) is 0 Å². The number of aromatic nitrogens is 2. The number of carbonyl (C=O) groups is 1. The van der Waals surface area contributed by atoms with Crippen molar-refractivity contribution < 1.29 is 9.32 Å². The van der Waals surface area contributed by atoms with Gasteiger partial charge in [0, 0.05) is 32.1 Å². The molecule has 0 aliphatic carbocycles. The second-order valence-electron chi connectivity index (χ2n) is 8.31. The molecule has 148 valence electrons. The van der Waals surface area contributed by atoms with Crippen LogP contribution in [0.3, 0.4) is 0 Å². The van der Waals surface area contributed by atoms with E-state index in [1.165, 1.54) is 25.8 Å². The predicted molar refractivity (Wildman–Crippen MR) is 104 cm³/mol. The van der Waals surface area contributed by atoms with Gasteiger partial charge in [0.2, 0.25) is 5.89 Å². The first kappa shape index (κ1) is 17.7. The van der Waals surface area contributed by atoms with Gasteiger partial charge >= 0.3 is 6.03 Å². The topological polar surface area (TPSA) is 74.5 Å². The quantitative estimate of drug-likeness (QED) is 0.880. The summed E-state index contributed by atoms with van der Waals surface area (Å²) in [5.74, 6) is 2.38. The van der Waals surface area contributed by atoms with Crippen LogP contribution in [0.4, 0.5) is 4.79 Å². The van der Waals surface area contributed by atoms with Crippen molar-refractivity contribution in [3.05, 3.63) is 47.6 Å². The van der Waals surface area contributed by atoms with Gasteiger partial charge in [0.25, 0.3) is 0 Å². The van der Waals surface area contributed by atoms with Crippen LogP contribution in [0.1, 0.15) is 36.5 Å². The third kappa shape index (κ3) is 3.51. The summed E-state index contributed by atoms with van der Waals surface area (Å²) in [5.41, 5.74) is 1.14. The predicted octanol–water partition coefficient (Wildman–Crippen LogP) is 2.29. The number of hydrogen-bond donors (Lipinski definition) is 1. The number of piperidine rings is 1. The van der Waals surface area contributed by atoms with Crippen molar-refractivity contribution in [2.75, 3.05) is 26.2 Å². The van der Waals surface area contributed by atoms with E-state index in [1.54, 1.807) is 0 Å². The van der Waals surface area contributed by atoms with Gasteiger partial charge < -0.3 is 14.7 Å². The lowest BCUT2D eigenvalue weighted by Gasteiger charge is -2.33. The normalized spacial score (nSPS) is 26.9. The Morgan fingerprint density at radius 3 is 2.96 bits per heavy atom. The van der Waals surface area contributed by atoms with Crippen LogP contribution in [0.15, 0.2) is 34.9 Å². The summed E-state index contributed by atoms with van der Waals surface area (Å²) >= 11 is 0. The molecule has 1 aromatic carbocycles. The number of rotatable bonds is 4. The van der Waals surface area contributed by atoms with Crippen LogP contribution in [0, 0.1) is 11.8 Å². The van der Waals surface area contributed by atoms with Crippen molar-refractivity contribution in [3.8, 4) is 0 Å². The van der Waals surface area contributed by atoms with E-state index in [0.717, 1.165) is 25.2 Å². The maximum Gasteiger partial charge on any atom is 0.317 e. The molecule has 3 aliphatic heterocycles. The van der Waals surface area contributed by atoms with Gasteiger partial charge in [-0.2, -0.15) is 4.98 Å². The minimum Gasteiger partial charge on any atom is -0.337 e. The first-order chi connectivity index (χ1) is 13.8. The number of hydrogen-bond acceptors (Lipinski definition) is 5. The third-order valence-electron chi connectivity index (χ3n) is 6.51. The van der Waals surface area contributed by atoms with Gasteiger partial charge in [0.15, 0.2) is 5.82 Å². The molecule has 3 atom stereocenters. The molecular formula is C21H27N5O2. The molecule has 28 heavy (non-hydrogen) atoms. The monoisotopic (exact) mass is 381 g/mol. The molecule has 2 amide bonds. The summed E-state index contributed by atoms with van der Waals surface area (Å²) in [4.78, 5) is 21.6. The minimum absolute atomic E-state index is 0.0143. The maximum atomic E-state index is 12.6. The molecule has 4 heterocycles. The summed E-state index contributed by atoms with van der Waals surface area (Å²) in [5, 5.41) is 6.98. The number of nitrogens with one attached hydrogen (secondary N) is 1. The van der Waals surface area contributed by atoms with Crippen molar-refractivity contribution in [1.82, 2.24) is 25.3 Å². The average Bonchev–Trinajstić information content (AvgIpc) is 3.41. The van der Waals surface area contributed by atoms with Gasteiger partial charge in [-0.1, -0.05) is 41.9 Å². The molecule has 0 radical (unpaired) electrons. The molecule has 3 aliphatic rings. The number of urea groups is 1. The Morgan fingerprint density at radius 1 is 1.18 bits per heavy atom. The second kappa shape index (κ2) is 7.54. The van der Waals surface area contributed by atoms with E-state index < -0.39 is 0 Å². The van der Waals surface area contributed by atoms with Crippen molar-refractivity contribution in [2.24, 2.45) is 11.8 Å². The smallest absolute Gasteiger partial charge is 0.317 e. The van der Waals surface area contributed by atoms with Crippen LogP contribution in [-0.4, -0.2) is 58.2 Å². The molecular weight excluding hydrogens is 354 g/mol. The van der Waals surface area contributed by atoms with Gasteiger partial charge in [0.05, 0.1) is 6.54 Å². The number of carbonyl (C=O) groups excluding carboxylic acids is 1. The van der Waals surface area contributed by atoms with Crippen molar-refractivity contribution in [2.45, 2.75) is 38.3 Å². The number of fused-ring (bicyclic) bond motifs is 3. The fraction of sp³-hybridized carbons (Fsp3) is 0.571. The Bertz CT molecular complexity index is 823. The van der Waals surface area contributed by atoms with Gasteiger partial charge in [-0.25, -0.2) is 4.79 Å². The second-order valence-corrected chi connectivity index (χ2v) is 8.31. The number of likely N-dealkylation sites (tertiary alicyclic amines) is 1. The summed E-state index contributed by atoms with van der Waals surface area (Å²) in [6, 6.07) is 10.7. The zero-order valence-electron chi connectivity index (χ0n) is 16.1. The molecule has 0 saturated carbocycles. The molecule has 3 unspecified atom stereocenters. The van der Waals surface area contributed by atoms with Crippen LogP contribution in [0.25, 0.3) is 0 Å². The highest BCUT2D eigenvalue weighted by Crippen LogP contribution is 2.40. The zero-order chi connectivity index (χ0) is 18.9. The Kier molecular flexibility index (Phi) is 4.76. The minimum atomic E-state index is -0.0143. The van der Waals surface area contributed by atoms with Gasteiger partial charge in [-0.3, -0.25) is 4.90 Å². The highest BCUT2D eigenvalue weighted by molar-refractivity contribution is 5.74. The van der Waals surface area contributed by atoms with E-state index in [2.05, 4.69) is 20.4 Å². The van der Waals surface area contributed by atoms with Crippen LogP contribution < -0.4 is 5.32 Å². The highest BCUT2D eigenvalue weighted by atomic mass is 16.5. The van der Waals surface area contributed by atoms with E-state index >= 15 is 0 Å². The van der Waals surface area contributed by atoms with E-state index in [4.69, 9.17) is 4.52 Å². The molecule has 5 rings (SSSR count). The first-order valence-electron chi connectivity index (χ1n) is 10.4. The maximum absolute atomic E-state index is 12.6. The lowest BCUT2D eigenvalue weighted by molar-refractivity contribution is 0.153. The molecule has 7 heteroatoms. The molecule has 0 spiro atoms. The van der Waals surface area contributed by atoms with Gasteiger partial charge in [-0.15, -0.1) is 0 Å². The van der Waals surface area contributed by atoms with Crippen LogP contribution >= 0.6 is 0 Å². The largest absolute Gasteiger partial charge is 0.337 e. The number of amides is 2. The lowest BCUT2D eigenvalue weighted by atomic mass is 9.90. The van der Waals surface area contributed by atoms with E-state index in [1.807, 2.05) is 35.2 Å². The van der Waals surface area contributed by atoms with Crippen molar-refractivity contribution in [1.29, 1.82) is 0 Å². The Labute approximate surface area is 165 Å². The summed E-state index contributed by atoms with van der Waals surface area (Å²) < 4.78 is 5.29. The van der Waals surface area contributed by atoms with E-state index in [0.29, 0.717) is 36.0 Å². The Balaban J connectivity index is 1.12. The molecule has 0 bridgehead atoms. The van der Waals surface area contributed by atoms with Crippen LogP contribution in [-0.2, 0) is 13.0 Å². The van der Waals surface area contributed by atoms with E-state index in [9.17, 15) is 4.79 Å². The summed E-state index contributed by atoms with van der Waals surface area (Å²) in [7, 11) is 0. The molecule has 7 nitrogen and oxygen atoms in total. The average molecular weight is 381 g/mol. The SMILES string of the molecule is O=C(NCc1nc(Cc2ccccc2)no1)N1CC2CN3CCCCC3C2C1. The molecule has 1 aromatic heterocycles. The standard InChI is InChI=1S/C21H27N5O2/c27-21(26-13-16-12-25-9-5-4-8-18(25)17(16)14-26)22-11-20-23-19(24-28-20)10-15-6-2-1-3-7-15/h1-3,6-7,16-18H,4-5,8-14H2,(H,22,27). The van der Waals surface area contributed by atoms with E-state index in [-0.39, 0.29) is 12.6 Å². The molecule has 3 saturated heterocycles. The Hall–Kier alpha value is -2.41. The molecule has 3 fully saturated rings. The third-order valence-corrected chi connectivity index (χ3v) is 6.51.